The predicted molar refractivity (Wildman–Crippen MR) is 58.7 cm³/mol. The van der Waals surface area contributed by atoms with Crippen molar-refractivity contribution in [3.8, 4) is 0 Å². The molecule has 1 atom stereocenters. The molecule has 0 amide bonds. The lowest BCUT2D eigenvalue weighted by Crippen LogP contribution is -2.09. The summed E-state index contributed by atoms with van der Waals surface area (Å²) in [5.41, 5.74) is 0.865. The minimum Gasteiger partial charge on any atom is -0.481 e. The molecular weight excluding hydrogens is 216 g/mol. The summed E-state index contributed by atoms with van der Waals surface area (Å²) >= 11 is 5.69. The van der Waals surface area contributed by atoms with E-state index in [-0.39, 0.29) is 6.42 Å². The van der Waals surface area contributed by atoms with Gasteiger partial charge in [-0.05, 0) is 17.7 Å². The molecule has 1 aromatic carbocycles. The average molecular weight is 227 g/mol. The molecule has 1 aromatic rings. The lowest BCUT2D eigenvalue weighted by molar-refractivity contribution is -0.138. The maximum absolute atomic E-state index is 10.3. The van der Waals surface area contributed by atoms with Crippen LogP contribution in [0.5, 0.6) is 0 Å². The molecule has 3 nitrogen and oxygen atoms in total. The Labute approximate surface area is 92.6 Å². The highest BCUT2D eigenvalue weighted by atomic mass is 35.5. The van der Waals surface area contributed by atoms with Crippen molar-refractivity contribution in [3.05, 3.63) is 40.9 Å². The van der Waals surface area contributed by atoms with Crippen molar-refractivity contribution < 1.29 is 15.0 Å². The van der Waals surface area contributed by atoms with Crippen molar-refractivity contribution in [3.63, 3.8) is 0 Å². The molecule has 0 heterocycles. The summed E-state index contributed by atoms with van der Waals surface area (Å²) in [5, 5.41) is 18.3. The van der Waals surface area contributed by atoms with Crippen molar-refractivity contribution in [1.29, 1.82) is 0 Å². The van der Waals surface area contributed by atoms with Gasteiger partial charge in [0.15, 0.2) is 0 Å². The lowest BCUT2D eigenvalue weighted by atomic mass is 10.1. The molecule has 80 valence electrons. The Bertz CT molecular complexity index is 357. The zero-order chi connectivity index (χ0) is 11.3. The van der Waals surface area contributed by atoms with Crippen LogP contribution in [-0.4, -0.2) is 22.3 Å². The maximum atomic E-state index is 10.3. The molecule has 0 fully saturated rings. The standard InChI is InChI=1S/C11H11ClO3/c12-9-4-1-8(2-5-9)3-6-10(13)7-11(14)15/h1-6,10,13H,7H2,(H,14,15)/b6-3+. The highest BCUT2D eigenvalue weighted by Crippen LogP contribution is 2.11. The lowest BCUT2D eigenvalue weighted by Gasteiger charge is -2.00. The Hall–Kier alpha value is -1.32. The summed E-state index contributed by atoms with van der Waals surface area (Å²) in [6.07, 6.45) is 1.85. The van der Waals surface area contributed by atoms with E-state index >= 15 is 0 Å². The zero-order valence-corrected chi connectivity index (χ0v) is 8.69. The minimum absolute atomic E-state index is 0.288. The Morgan fingerprint density at radius 3 is 2.53 bits per heavy atom. The first-order valence-electron chi connectivity index (χ1n) is 4.41. The molecule has 15 heavy (non-hydrogen) atoms. The summed E-state index contributed by atoms with van der Waals surface area (Å²) in [7, 11) is 0. The molecule has 0 aromatic heterocycles. The molecule has 0 saturated carbocycles. The van der Waals surface area contributed by atoms with Gasteiger partial charge in [-0.3, -0.25) is 4.79 Å². The summed E-state index contributed by atoms with van der Waals surface area (Å²) in [6.45, 7) is 0. The van der Waals surface area contributed by atoms with Gasteiger partial charge in [-0.2, -0.15) is 0 Å². The molecule has 1 rings (SSSR count). The fourth-order valence-electron chi connectivity index (χ4n) is 1.04. The van der Waals surface area contributed by atoms with Crippen LogP contribution < -0.4 is 0 Å². The van der Waals surface area contributed by atoms with Crippen molar-refractivity contribution in [2.75, 3.05) is 0 Å². The van der Waals surface area contributed by atoms with Gasteiger partial charge >= 0.3 is 5.97 Å². The predicted octanol–water partition coefficient (Wildman–Crippen LogP) is 2.19. The van der Waals surface area contributed by atoms with Crippen LogP contribution in [0, 0.1) is 0 Å². The van der Waals surface area contributed by atoms with Gasteiger partial charge in [-0.25, -0.2) is 0 Å². The maximum Gasteiger partial charge on any atom is 0.306 e. The number of benzene rings is 1. The van der Waals surface area contributed by atoms with E-state index in [1.165, 1.54) is 6.08 Å². The number of carboxylic acids is 1. The first-order valence-corrected chi connectivity index (χ1v) is 4.79. The number of hydrogen-bond donors (Lipinski definition) is 2. The van der Waals surface area contributed by atoms with E-state index < -0.39 is 12.1 Å². The van der Waals surface area contributed by atoms with E-state index in [1.54, 1.807) is 30.3 Å². The summed E-state index contributed by atoms with van der Waals surface area (Å²) in [6, 6.07) is 7.02. The van der Waals surface area contributed by atoms with Crippen LogP contribution in [-0.2, 0) is 4.79 Å². The van der Waals surface area contributed by atoms with Gasteiger partial charge in [-0.1, -0.05) is 35.9 Å². The largest absolute Gasteiger partial charge is 0.481 e. The van der Waals surface area contributed by atoms with Crippen molar-refractivity contribution in [1.82, 2.24) is 0 Å². The summed E-state index contributed by atoms with van der Waals surface area (Å²) < 4.78 is 0. The topological polar surface area (TPSA) is 57.5 Å². The number of carbonyl (C=O) groups is 1. The quantitative estimate of drug-likeness (QED) is 0.828. The van der Waals surface area contributed by atoms with Crippen molar-refractivity contribution >= 4 is 23.6 Å². The average Bonchev–Trinajstić information content (AvgIpc) is 2.16. The van der Waals surface area contributed by atoms with Gasteiger partial charge < -0.3 is 10.2 Å². The number of aliphatic carboxylic acids is 1. The third-order valence-corrected chi connectivity index (χ3v) is 2.02. The van der Waals surface area contributed by atoms with E-state index in [0.717, 1.165) is 5.56 Å². The summed E-state index contributed by atoms with van der Waals surface area (Å²) in [5.74, 6) is -1.02. The molecule has 0 saturated heterocycles. The van der Waals surface area contributed by atoms with E-state index in [2.05, 4.69) is 0 Å². The number of hydrogen-bond acceptors (Lipinski definition) is 2. The molecule has 0 aliphatic carbocycles. The number of halogens is 1. The van der Waals surface area contributed by atoms with E-state index in [1.807, 2.05) is 0 Å². The molecule has 4 heteroatoms. The minimum atomic E-state index is -1.02. The highest BCUT2D eigenvalue weighted by Gasteiger charge is 2.04. The number of carboxylic acid groups (broad SMARTS) is 1. The molecule has 0 aliphatic rings. The van der Waals surface area contributed by atoms with Crippen LogP contribution in [0.15, 0.2) is 30.3 Å². The first-order chi connectivity index (χ1) is 7.08. The number of aliphatic hydroxyl groups is 1. The highest BCUT2D eigenvalue weighted by molar-refractivity contribution is 6.30. The molecule has 0 radical (unpaired) electrons. The smallest absolute Gasteiger partial charge is 0.306 e. The molecule has 1 unspecified atom stereocenters. The number of rotatable bonds is 4. The SMILES string of the molecule is O=C(O)CC(O)/C=C/c1ccc(Cl)cc1. The normalized spacial score (nSPS) is 12.9. The first kappa shape index (κ1) is 11.8. The van der Waals surface area contributed by atoms with Gasteiger partial charge in [0.1, 0.15) is 0 Å². The fraction of sp³-hybridized carbons (Fsp3) is 0.182. The van der Waals surface area contributed by atoms with Gasteiger partial charge in [0.2, 0.25) is 0 Å². The molecule has 2 N–H and O–H groups in total. The second kappa shape index (κ2) is 5.53. The molecule has 0 spiro atoms. The van der Waals surface area contributed by atoms with Gasteiger partial charge in [0.25, 0.3) is 0 Å². The van der Waals surface area contributed by atoms with E-state index in [0.29, 0.717) is 5.02 Å². The van der Waals surface area contributed by atoms with Crippen molar-refractivity contribution in [2.45, 2.75) is 12.5 Å². The van der Waals surface area contributed by atoms with E-state index in [4.69, 9.17) is 16.7 Å². The van der Waals surface area contributed by atoms with Crippen molar-refractivity contribution in [2.24, 2.45) is 0 Å². The van der Waals surface area contributed by atoms with Crippen LogP contribution in [0.4, 0.5) is 0 Å². The summed E-state index contributed by atoms with van der Waals surface area (Å²) in [4.78, 5) is 10.3. The number of aliphatic hydroxyl groups excluding tert-OH is 1. The molecule has 0 aliphatic heterocycles. The Morgan fingerprint density at radius 1 is 1.40 bits per heavy atom. The van der Waals surface area contributed by atoms with Gasteiger partial charge in [0.05, 0.1) is 12.5 Å². The Kier molecular flexibility index (Phi) is 4.34. The second-order valence-electron chi connectivity index (χ2n) is 3.08. The Balaban J connectivity index is 2.57. The van der Waals surface area contributed by atoms with Crippen LogP contribution in [0.3, 0.4) is 0 Å². The van der Waals surface area contributed by atoms with Crippen LogP contribution in [0.2, 0.25) is 5.02 Å². The second-order valence-corrected chi connectivity index (χ2v) is 3.51. The van der Waals surface area contributed by atoms with Crippen LogP contribution in [0.25, 0.3) is 6.08 Å². The molecule has 0 bridgehead atoms. The third kappa shape index (κ3) is 4.63. The van der Waals surface area contributed by atoms with Gasteiger partial charge in [-0.15, -0.1) is 0 Å². The fourth-order valence-corrected chi connectivity index (χ4v) is 1.17. The van der Waals surface area contributed by atoms with Crippen LogP contribution in [0.1, 0.15) is 12.0 Å². The third-order valence-electron chi connectivity index (χ3n) is 1.76. The Morgan fingerprint density at radius 2 is 2.00 bits per heavy atom. The van der Waals surface area contributed by atoms with E-state index in [9.17, 15) is 9.90 Å². The van der Waals surface area contributed by atoms with Crippen LogP contribution >= 0.6 is 11.6 Å². The van der Waals surface area contributed by atoms with Gasteiger partial charge in [0, 0.05) is 5.02 Å². The molecular formula is C11H11ClO3. The zero-order valence-electron chi connectivity index (χ0n) is 7.93. The monoisotopic (exact) mass is 226 g/mol.